The lowest BCUT2D eigenvalue weighted by Gasteiger charge is -2.36. The molecule has 0 bridgehead atoms. The van der Waals surface area contributed by atoms with Crippen molar-refractivity contribution >= 4 is 11.8 Å². The van der Waals surface area contributed by atoms with Crippen molar-refractivity contribution in [1.82, 2.24) is 15.1 Å². The molecule has 0 aliphatic carbocycles. The van der Waals surface area contributed by atoms with E-state index in [1.54, 1.807) is 9.80 Å². The molecule has 0 aromatic heterocycles. The number of morpholine rings is 1. The number of rotatable bonds is 4. The number of halogens is 2. The lowest BCUT2D eigenvalue weighted by Crippen LogP contribution is -2.56. The molecule has 0 saturated carbocycles. The largest absolute Gasteiger partial charge is 0.378 e. The molecule has 1 unspecified atom stereocenters. The van der Waals surface area contributed by atoms with Crippen molar-refractivity contribution < 1.29 is 23.1 Å². The first-order valence-electron chi connectivity index (χ1n) is 8.36. The second-order valence-corrected chi connectivity index (χ2v) is 6.19. The number of hydrogen-bond donors (Lipinski definition) is 1. The number of amides is 2. The molecule has 2 aliphatic rings. The number of benzene rings is 1. The number of ether oxygens (including phenoxy) is 1. The van der Waals surface area contributed by atoms with Crippen molar-refractivity contribution in [2.24, 2.45) is 0 Å². The van der Waals surface area contributed by atoms with Crippen LogP contribution in [-0.4, -0.2) is 67.0 Å². The van der Waals surface area contributed by atoms with Crippen LogP contribution in [0.5, 0.6) is 0 Å². The molecular weight excluding hydrogens is 332 g/mol. The maximum Gasteiger partial charge on any atom is 0.237 e. The molecule has 1 aromatic rings. The van der Waals surface area contributed by atoms with Crippen LogP contribution in [-0.2, 0) is 20.9 Å². The monoisotopic (exact) mass is 353 g/mol. The highest BCUT2D eigenvalue weighted by Crippen LogP contribution is 2.18. The van der Waals surface area contributed by atoms with Gasteiger partial charge < -0.3 is 15.0 Å². The quantitative estimate of drug-likeness (QED) is 0.857. The van der Waals surface area contributed by atoms with Crippen LogP contribution in [0.3, 0.4) is 0 Å². The molecular formula is C17H21F2N3O3. The first-order chi connectivity index (χ1) is 12.1. The van der Waals surface area contributed by atoms with E-state index < -0.39 is 17.7 Å². The van der Waals surface area contributed by atoms with E-state index in [1.807, 2.05) is 0 Å². The average Bonchev–Trinajstić information content (AvgIpc) is 2.62. The number of carbonyl (C=O) groups is 2. The van der Waals surface area contributed by atoms with Gasteiger partial charge in [-0.2, -0.15) is 0 Å². The lowest BCUT2D eigenvalue weighted by atomic mass is 10.1. The minimum absolute atomic E-state index is 0.0166. The van der Waals surface area contributed by atoms with Gasteiger partial charge in [-0.1, -0.05) is 12.1 Å². The molecule has 8 heteroatoms. The van der Waals surface area contributed by atoms with Crippen molar-refractivity contribution in [2.75, 3.05) is 39.4 Å². The van der Waals surface area contributed by atoms with Crippen molar-refractivity contribution in [3.63, 3.8) is 0 Å². The van der Waals surface area contributed by atoms with Crippen LogP contribution < -0.4 is 5.32 Å². The molecule has 3 rings (SSSR count). The van der Waals surface area contributed by atoms with Gasteiger partial charge in [-0.3, -0.25) is 14.5 Å². The van der Waals surface area contributed by atoms with Gasteiger partial charge in [-0.05, 0) is 6.07 Å². The highest BCUT2D eigenvalue weighted by Gasteiger charge is 2.33. The van der Waals surface area contributed by atoms with Crippen molar-refractivity contribution in [2.45, 2.75) is 19.0 Å². The Morgan fingerprint density at radius 3 is 2.76 bits per heavy atom. The second-order valence-electron chi connectivity index (χ2n) is 6.19. The Hall–Kier alpha value is -2.06. The van der Waals surface area contributed by atoms with Gasteiger partial charge in [0, 0.05) is 38.3 Å². The summed E-state index contributed by atoms with van der Waals surface area (Å²) in [6.07, 6.45) is 0.0166. The van der Waals surface area contributed by atoms with Gasteiger partial charge in [0.15, 0.2) is 11.6 Å². The van der Waals surface area contributed by atoms with E-state index in [2.05, 4.69) is 5.32 Å². The van der Waals surface area contributed by atoms with Crippen molar-refractivity contribution in [1.29, 1.82) is 0 Å². The second kappa shape index (κ2) is 7.88. The van der Waals surface area contributed by atoms with Gasteiger partial charge in [0.05, 0.1) is 25.7 Å². The minimum atomic E-state index is -0.917. The van der Waals surface area contributed by atoms with Crippen LogP contribution in [0.25, 0.3) is 0 Å². The van der Waals surface area contributed by atoms with Crippen LogP contribution in [0.15, 0.2) is 18.2 Å². The van der Waals surface area contributed by atoms with E-state index in [0.717, 1.165) is 6.07 Å². The third-order valence-electron chi connectivity index (χ3n) is 4.58. The molecule has 6 nitrogen and oxygen atoms in total. The van der Waals surface area contributed by atoms with Gasteiger partial charge in [0.25, 0.3) is 0 Å². The molecule has 2 saturated heterocycles. The fourth-order valence-corrected chi connectivity index (χ4v) is 3.17. The zero-order valence-electron chi connectivity index (χ0n) is 13.8. The van der Waals surface area contributed by atoms with Crippen LogP contribution in [0.1, 0.15) is 12.0 Å². The molecule has 25 heavy (non-hydrogen) atoms. The van der Waals surface area contributed by atoms with Crippen LogP contribution in [0.4, 0.5) is 8.78 Å². The highest BCUT2D eigenvalue weighted by atomic mass is 19.2. The molecule has 2 heterocycles. The van der Waals surface area contributed by atoms with E-state index >= 15 is 0 Å². The van der Waals surface area contributed by atoms with E-state index in [1.165, 1.54) is 12.1 Å². The van der Waals surface area contributed by atoms with Gasteiger partial charge in [-0.25, -0.2) is 8.78 Å². The Balaban J connectivity index is 1.71. The summed E-state index contributed by atoms with van der Waals surface area (Å²) in [5.41, 5.74) is 0.179. The fraction of sp³-hybridized carbons (Fsp3) is 0.529. The maximum atomic E-state index is 13.9. The summed E-state index contributed by atoms with van der Waals surface area (Å²) in [4.78, 5) is 28.1. The molecule has 136 valence electrons. The summed E-state index contributed by atoms with van der Waals surface area (Å²) in [6, 6.07) is 3.30. The molecule has 1 N–H and O–H groups in total. The summed E-state index contributed by atoms with van der Waals surface area (Å²) < 4.78 is 32.6. The Kier molecular flexibility index (Phi) is 5.60. The zero-order valence-corrected chi connectivity index (χ0v) is 13.8. The van der Waals surface area contributed by atoms with Crippen LogP contribution >= 0.6 is 0 Å². The topological polar surface area (TPSA) is 61.9 Å². The van der Waals surface area contributed by atoms with Crippen molar-refractivity contribution in [3.05, 3.63) is 35.4 Å². The van der Waals surface area contributed by atoms with Gasteiger partial charge in [0.1, 0.15) is 0 Å². The molecule has 2 amide bonds. The fourth-order valence-electron chi connectivity index (χ4n) is 3.17. The number of piperazine rings is 1. The molecule has 2 fully saturated rings. The van der Waals surface area contributed by atoms with Gasteiger partial charge >= 0.3 is 0 Å². The number of nitrogens with zero attached hydrogens (tertiary/aromatic N) is 2. The molecule has 0 spiro atoms. The number of carbonyl (C=O) groups excluding carboxylic acids is 2. The Labute approximate surface area is 144 Å². The zero-order chi connectivity index (χ0) is 17.8. The van der Waals surface area contributed by atoms with E-state index in [-0.39, 0.29) is 30.3 Å². The average molecular weight is 353 g/mol. The summed E-state index contributed by atoms with van der Waals surface area (Å²) in [7, 11) is 0. The molecule has 2 aliphatic heterocycles. The number of nitrogens with one attached hydrogen (secondary N) is 1. The predicted octanol–water partition coefficient (Wildman–Crippen LogP) is 0.514. The van der Waals surface area contributed by atoms with E-state index in [4.69, 9.17) is 4.74 Å². The lowest BCUT2D eigenvalue weighted by molar-refractivity contribution is -0.141. The first kappa shape index (κ1) is 17.8. The first-order valence-corrected chi connectivity index (χ1v) is 8.36. The van der Waals surface area contributed by atoms with Crippen molar-refractivity contribution in [3.8, 4) is 0 Å². The normalized spacial score (nSPS) is 21.9. The molecule has 1 aromatic carbocycles. The summed E-state index contributed by atoms with van der Waals surface area (Å²) in [5.74, 6) is -2.22. The Morgan fingerprint density at radius 2 is 2.00 bits per heavy atom. The summed E-state index contributed by atoms with van der Waals surface area (Å²) >= 11 is 0. The summed E-state index contributed by atoms with van der Waals surface area (Å²) in [5, 5.41) is 2.74. The predicted molar refractivity (Wildman–Crippen MR) is 85.6 cm³/mol. The highest BCUT2D eigenvalue weighted by molar-refractivity contribution is 5.88. The Morgan fingerprint density at radius 1 is 1.24 bits per heavy atom. The van der Waals surface area contributed by atoms with Gasteiger partial charge in [0.2, 0.25) is 11.8 Å². The third-order valence-corrected chi connectivity index (χ3v) is 4.58. The number of hydrogen-bond acceptors (Lipinski definition) is 4. The van der Waals surface area contributed by atoms with Crippen LogP contribution in [0, 0.1) is 11.6 Å². The smallest absolute Gasteiger partial charge is 0.237 e. The standard InChI is InChI=1S/C17H21F2N3O3/c18-13-3-1-2-12(16(13)19)11-22-5-4-20-17(24)14(22)10-15(23)21-6-8-25-9-7-21/h1-3,14H,4-11H2,(H,20,24). The minimum Gasteiger partial charge on any atom is -0.378 e. The van der Waals surface area contributed by atoms with E-state index in [0.29, 0.717) is 39.4 Å². The van der Waals surface area contributed by atoms with E-state index in [9.17, 15) is 18.4 Å². The maximum absolute atomic E-state index is 13.9. The SMILES string of the molecule is O=C1NCCN(Cc2cccc(F)c2F)C1CC(=O)N1CCOCC1. The molecule has 0 radical (unpaired) electrons. The third kappa shape index (κ3) is 4.13. The molecule has 1 atom stereocenters. The van der Waals surface area contributed by atoms with Crippen LogP contribution in [0.2, 0.25) is 0 Å². The Bertz CT molecular complexity index is 650. The van der Waals surface area contributed by atoms with Gasteiger partial charge in [-0.15, -0.1) is 0 Å². The summed E-state index contributed by atoms with van der Waals surface area (Å²) in [6.45, 7) is 2.96.